The van der Waals surface area contributed by atoms with Crippen LogP contribution in [0.2, 0.25) is 0 Å². The number of carbonyl (C=O) groups is 1. The van der Waals surface area contributed by atoms with Gasteiger partial charge in [-0.2, -0.15) is 0 Å². The number of rotatable bonds is 3. The summed E-state index contributed by atoms with van der Waals surface area (Å²) in [6, 6.07) is 5.75. The molecule has 1 aromatic carbocycles. The maximum Gasteiger partial charge on any atom is 0.413 e. The quantitative estimate of drug-likeness (QED) is 0.542. The van der Waals surface area contributed by atoms with Crippen LogP contribution in [-0.4, -0.2) is 35.3 Å². The molecule has 3 heterocycles. The fourth-order valence-corrected chi connectivity index (χ4v) is 4.23. The molecule has 0 unspecified atom stereocenters. The van der Waals surface area contributed by atoms with Crippen molar-refractivity contribution in [2.45, 2.75) is 32.8 Å². The summed E-state index contributed by atoms with van der Waals surface area (Å²) in [4.78, 5) is 20.9. The molecule has 0 radical (unpaired) electrons. The van der Waals surface area contributed by atoms with Gasteiger partial charge in [0.15, 0.2) is 0 Å². The summed E-state index contributed by atoms with van der Waals surface area (Å²) >= 11 is 0. The van der Waals surface area contributed by atoms with E-state index in [1.807, 2.05) is 25.1 Å². The zero-order chi connectivity index (χ0) is 21.5. The molecule has 1 aliphatic carbocycles. The molecule has 2 aromatic heterocycles. The molecule has 2 aliphatic rings. The molecule has 1 amide bonds. The van der Waals surface area contributed by atoms with Crippen molar-refractivity contribution >= 4 is 34.1 Å². The highest BCUT2D eigenvalue weighted by atomic mass is 16.6. The third-order valence-corrected chi connectivity index (χ3v) is 5.96. The molecule has 5 rings (SSSR count). The maximum atomic E-state index is 12.2. The van der Waals surface area contributed by atoms with Crippen LogP contribution in [0.25, 0.3) is 21.9 Å². The minimum Gasteiger partial charge on any atom is -0.474 e. The summed E-state index contributed by atoms with van der Waals surface area (Å²) in [7, 11) is 0. The zero-order valence-electron chi connectivity index (χ0n) is 17.6. The van der Waals surface area contributed by atoms with Gasteiger partial charge >= 0.3 is 6.09 Å². The molecule has 160 valence electrons. The largest absolute Gasteiger partial charge is 0.474 e. The van der Waals surface area contributed by atoms with E-state index in [-0.39, 0.29) is 6.10 Å². The van der Waals surface area contributed by atoms with Gasteiger partial charge in [-0.1, -0.05) is 6.92 Å². The predicted molar refractivity (Wildman–Crippen MR) is 120 cm³/mol. The predicted octanol–water partition coefficient (Wildman–Crippen LogP) is 4.34. The Morgan fingerprint density at radius 3 is 2.90 bits per heavy atom. The van der Waals surface area contributed by atoms with E-state index in [1.54, 1.807) is 12.4 Å². The van der Waals surface area contributed by atoms with Crippen LogP contribution in [0.5, 0.6) is 5.88 Å². The van der Waals surface area contributed by atoms with Gasteiger partial charge in [0, 0.05) is 35.6 Å². The van der Waals surface area contributed by atoms with Crippen molar-refractivity contribution in [3.63, 3.8) is 0 Å². The number of anilines is 3. The second-order valence-electron chi connectivity index (χ2n) is 8.34. The molecule has 4 N–H and O–H groups in total. The van der Waals surface area contributed by atoms with E-state index in [1.165, 1.54) is 0 Å². The van der Waals surface area contributed by atoms with Crippen LogP contribution in [0.15, 0.2) is 30.6 Å². The summed E-state index contributed by atoms with van der Waals surface area (Å²) in [5.74, 6) is 1.66. The molecular weight excluding hydrogens is 394 g/mol. The zero-order valence-corrected chi connectivity index (χ0v) is 17.6. The van der Waals surface area contributed by atoms with Gasteiger partial charge in [0.25, 0.3) is 0 Å². The number of nitrogens with zero attached hydrogens (tertiary/aromatic N) is 2. The Bertz CT molecular complexity index is 1170. The Morgan fingerprint density at radius 1 is 1.26 bits per heavy atom. The van der Waals surface area contributed by atoms with Crippen LogP contribution in [0.4, 0.5) is 22.0 Å². The first-order valence-electron chi connectivity index (χ1n) is 10.5. The Kier molecular flexibility index (Phi) is 4.77. The Morgan fingerprint density at radius 2 is 2.10 bits per heavy atom. The second-order valence-corrected chi connectivity index (χ2v) is 8.34. The number of nitrogens with one attached hydrogen (secondary N) is 2. The molecule has 3 aromatic rings. The molecule has 1 aliphatic heterocycles. The van der Waals surface area contributed by atoms with Crippen LogP contribution < -0.4 is 21.1 Å². The normalized spacial score (nSPS) is 19.5. The van der Waals surface area contributed by atoms with Gasteiger partial charge in [-0.3, -0.25) is 5.32 Å². The number of amides is 1. The molecule has 0 spiro atoms. The summed E-state index contributed by atoms with van der Waals surface area (Å²) in [6.07, 6.45) is 4.81. The standard InChI is InChI=1S/C23H25N5O3/c1-12-5-16(6-12)31-23(29)28-20-9-15-7-14(8-19(24)18(15)11-26-20)17-10-27-22-21(13(17)2)25-3-4-30-22/h7-12,16,25H,3-6,24H2,1-2H3,(H,26,28,29). The van der Waals surface area contributed by atoms with Crippen molar-refractivity contribution < 1.29 is 14.3 Å². The van der Waals surface area contributed by atoms with E-state index < -0.39 is 6.09 Å². The van der Waals surface area contributed by atoms with Crippen molar-refractivity contribution in [3.8, 4) is 17.0 Å². The van der Waals surface area contributed by atoms with Crippen LogP contribution >= 0.6 is 0 Å². The number of benzene rings is 1. The molecule has 1 saturated carbocycles. The van der Waals surface area contributed by atoms with E-state index in [9.17, 15) is 4.79 Å². The molecule has 0 atom stereocenters. The van der Waals surface area contributed by atoms with E-state index in [4.69, 9.17) is 15.2 Å². The number of aromatic nitrogens is 2. The summed E-state index contributed by atoms with van der Waals surface area (Å²) < 4.78 is 11.0. The van der Waals surface area contributed by atoms with Crippen molar-refractivity contribution in [1.29, 1.82) is 0 Å². The van der Waals surface area contributed by atoms with Crippen molar-refractivity contribution in [1.82, 2.24) is 9.97 Å². The first-order chi connectivity index (χ1) is 15.0. The number of ether oxygens (including phenoxy) is 2. The minimum absolute atomic E-state index is 0.00484. The van der Waals surface area contributed by atoms with Gasteiger partial charge in [-0.25, -0.2) is 14.8 Å². The average Bonchev–Trinajstić information content (AvgIpc) is 2.73. The third kappa shape index (κ3) is 3.69. The average molecular weight is 419 g/mol. The van der Waals surface area contributed by atoms with Gasteiger partial charge < -0.3 is 20.5 Å². The van der Waals surface area contributed by atoms with Crippen LogP contribution in [-0.2, 0) is 4.74 Å². The first kappa shape index (κ1) is 19.4. The van der Waals surface area contributed by atoms with Gasteiger partial charge in [-0.15, -0.1) is 0 Å². The Hall–Kier alpha value is -3.55. The highest BCUT2D eigenvalue weighted by molar-refractivity contribution is 5.99. The molecule has 0 bridgehead atoms. The smallest absolute Gasteiger partial charge is 0.413 e. The van der Waals surface area contributed by atoms with E-state index in [2.05, 4.69) is 27.5 Å². The molecule has 8 nitrogen and oxygen atoms in total. The lowest BCUT2D eigenvalue weighted by atomic mass is 9.84. The fraction of sp³-hybridized carbons (Fsp3) is 0.348. The van der Waals surface area contributed by atoms with Gasteiger partial charge in [0.2, 0.25) is 5.88 Å². The topological polar surface area (TPSA) is 111 Å². The molecular formula is C23H25N5O3. The maximum absolute atomic E-state index is 12.2. The number of carbonyl (C=O) groups excluding carboxylic acids is 1. The van der Waals surface area contributed by atoms with E-state index in [0.717, 1.165) is 52.5 Å². The molecule has 8 heteroatoms. The summed E-state index contributed by atoms with van der Waals surface area (Å²) in [5.41, 5.74) is 10.8. The van der Waals surface area contributed by atoms with E-state index in [0.29, 0.717) is 29.9 Å². The highest BCUT2D eigenvalue weighted by Gasteiger charge is 2.28. The number of fused-ring (bicyclic) bond motifs is 2. The van der Waals surface area contributed by atoms with Gasteiger partial charge in [0.05, 0.1) is 0 Å². The Labute approximate surface area is 180 Å². The van der Waals surface area contributed by atoms with Crippen LogP contribution in [0.1, 0.15) is 25.3 Å². The lowest BCUT2D eigenvalue weighted by Gasteiger charge is -2.31. The van der Waals surface area contributed by atoms with Gasteiger partial charge in [-0.05, 0) is 60.4 Å². The van der Waals surface area contributed by atoms with Crippen LogP contribution in [0.3, 0.4) is 0 Å². The number of nitrogen functional groups attached to an aromatic ring is 1. The van der Waals surface area contributed by atoms with Crippen molar-refractivity contribution in [2.24, 2.45) is 5.92 Å². The molecule has 0 saturated heterocycles. The van der Waals surface area contributed by atoms with E-state index >= 15 is 0 Å². The van der Waals surface area contributed by atoms with Crippen LogP contribution in [0, 0.1) is 12.8 Å². The lowest BCUT2D eigenvalue weighted by molar-refractivity contribution is 0.0311. The Balaban J connectivity index is 1.45. The fourth-order valence-electron chi connectivity index (χ4n) is 4.23. The summed E-state index contributed by atoms with van der Waals surface area (Å²) in [6.45, 7) is 5.53. The molecule has 31 heavy (non-hydrogen) atoms. The number of hydrogen-bond donors (Lipinski definition) is 3. The van der Waals surface area contributed by atoms with Gasteiger partial charge in [0.1, 0.15) is 24.2 Å². The number of nitrogens with two attached hydrogens (primary N) is 1. The van der Waals surface area contributed by atoms with Crippen molar-refractivity contribution in [3.05, 3.63) is 36.2 Å². The first-order valence-corrected chi connectivity index (χ1v) is 10.5. The number of hydrogen-bond acceptors (Lipinski definition) is 7. The van der Waals surface area contributed by atoms with Crippen molar-refractivity contribution in [2.75, 3.05) is 29.5 Å². The minimum atomic E-state index is -0.478. The SMILES string of the molecule is Cc1c(-c2cc(N)c3cnc(NC(=O)OC4CC(C)C4)cc3c2)cnc2c1NCCO2. The second kappa shape index (κ2) is 7.61. The lowest BCUT2D eigenvalue weighted by Crippen LogP contribution is -2.33. The number of pyridine rings is 2. The monoisotopic (exact) mass is 419 g/mol. The summed E-state index contributed by atoms with van der Waals surface area (Å²) in [5, 5.41) is 7.78. The molecule has 1 fully saturated rings. The highest BCUT2D eigenvalue weighted by Crippen LogP contribution is 2.37. The third-order valence-electron chi connectivity index (χ3n) is 5.96.